The first-order valence-electron chi connectivity index (χ1n) is 11.7. The van der Waals surface area contributed by atoms with E-state index in [1.165, 1.54) is 5.52 Å². The lowest BCUT2D eigenvalue weighted by Crippen LogP contribution is -2.20. The van der Waals surface area contributed by atoms with E-state index in [0.29, 0.717) is 18.5 Å². The number of rotatable bonds is 7. The van der Waals surface area contributed by atoms with Gasteiger partial charge in [-0.15, -0.1) is 0 Å². The van der Waals surface area contributed by atoms with Crippen LogP contribution in [0, 0.1) is 6.92 Å². The lowest BCUT2D eigenvalue weighted by atomic mass is 10.0. The van der Waals surface area contributed by atoms with Crippen LogP contribution in [0.4, 0.5) is 0 Å². The van der Waals surface area contributed by atoms with Crippen LogP contribution in [-0.4, -0.2) is 64.9 Å². The van der Waals surface area contributed by atoms with Gasteiger partial charge >= 0.3 is 0 Å². The predicted octanol–water partition coefficient (Wildman–Crippen LogP) is 4.64. The zero-order chi connectivity index (χ0) is 22.8. The summed E-state index contributed by atoms with van der Waals surface area (Å²) in [4.78, 5) is 16.2. The van der Waals surface area contributed by atoms with Gasteiger partial charge in [0.05, 0.1) is 23.8 Å². The van der Waals surface area contributed by atoms with Crippen LogP contribution < -0.4 is 4.74 Å². The van der Waals surface area contributed by atoms with Gasteiger partial charge in [0, 0.05) is 49.0 Å². The number of hydrogen-bond acceptors (Lipinski definition) is 6. The smallest absolute Gasteiger partial charge is 0.213 e. The van der Waals surface area contributed by atoms with Gasteiger partial charge in [0.25, 0.3) is 0 Å². The Kier molecular flexibility index (Phi) is 6.24. The second kappa shape index (κ2) is 9.45. The molecule has 0 spiro atoms. The molecule has 7 heteroatoms. The summed E-state index contributed by atoms with van der Waals surface area (Å²) >= 11 is 0. The van der Waals surface area contributed by atoms with Crippen molar-refractivity contribution in [2.45, 2.75) is 32.2 Å². The number of pyridine rings is 2. The summed E-state index contributed by atoms with van der Waals surface area (Å²) in [7, 11) is 4.13. The van der Waals surface area contributed by atoms with Gasteiger partial charge in [-0.1, -0.05) is 6.07 Å². The lowest BCUT2D eigenvalue weighted by Gasteiger charge is -2.25. The molecule has 0 aliphatic carbocycles. The monoisotopic (exact) mass is 445 g/mol. The predicted molar refractivity (Wildman–Crippen MR) is 131 cm³/mol. The van der Waals surface area contributed by atoms with Crippen LogP contribution in [0.3, 0.4) is 0 Å². The van der Waals surface area contributed by atoms with E-state index >= 15 is 0 Å². The van der Waals surface area contributed by atoms with Crippen molar-refractivity contribution in [2.75, 3.05) is 40.5 Å². The van der Waals surface area contributed by atoms with Crippen molar-refractivity contribution in [1.29, 1.82) is 0 Å². The fraction of sp³-hybridized carbons (Fsp3) is 0.423. The number of nitrogens with zero attached hydrogens (tertiary/aromatic N) is 5. The van der Waals surface area contributed by atoms with Crippen LogP contribution >= 0.6 is 0 Å². The van der Waals surface area contributed by atoms with Crippen molar-refractivity contribution in [3.8, 4) is 17.0 Å². The number of imidazole rings is 1. The van der Waals surface area contributed by atoms with E-state index in [-0.39, 0.29) is 0 Å². The third-order valence-electron chi connectivity index (χ3n) is 6.32. The fourth-order valence-electron chi connectivity index (χ4n) is 4.66. The average molecular weight is 446 g/mol. The summed E-state index contributed by atoms with van der Waals surface area (Å²) in [5, 5.41) is 1.13. The molecule has 0 N–H and O–H groups in total. The minimum Gasteiger partial charge on any atom is -0.478 e. The molecule has 172 valence electrons. The molecule has 4 heterocycles. The Hall–Kier alpha value is -3.03. The quantitative estimate of drug-likeness (QED) is 0.386. The summed E-state index contributed by atoms with van der Waals surface area (Å²) in [6.45, 7) is 5.36. The molecule has 1 aromatic carbocycles. The number of fused-ring (bicyclic) bond motifs is 3. The Labute approximate surface area is 194 Å². The maximum Gasteiger partial charge on any atom is 0.213 e. The molecule has 0 saturated carbocycles. The summed E-state index contributed by atoms with van der Waals surface area (Å²) < 4.78 is 13.8. The Morgan fingerprint density at radius 1 is 1.03 bits per heavy atom. The topological polar surface area (TPSA) is 65.3 Å². The molecule has 3 aromatic heterocycles. The first-order chi connectivity index (χ1) is 16.1. The van der Waals surface area contributed by atoms with E-state index in [1.54, 1.807) is 0 Å². The molecule has 7 nitrogen and oxygen atoms in total. The van der Waals surface area contributed by atoms with E-state index in [1.807, 2.05) is 18.5 Å². The van der Waals surface area contributed by atoms with E-state index in [0.717, 1.165) is 72.4 Å². The lowest BCUT2D eigenvalue weighted by molar-refractivity contribution is 0.0701. The Balaban J connectivity index is 1.47. The molecule has 1 aliphatic rings. The van der Waals surface area contributed by atoms with Crippen molar-refractivity contribution < 1.29 is 9.47 Å². The highest BCUT2D eigenvalue weighted by Gasteiger charge is 2.22. The molecule has 1 saturated heterocycles. The molecule has 0 amide bonds. The number of aryl methyl sites for hydroxylation is 1. The Morgan fingerprint density at radius 3 is 2.61 bits per heavy atom. The van der Waals surface area contributed by atoms with Crippen LogP contribution in [0.5, 0.6) is 5.88 Å². The molecule has 0 atom stereocenters. The number of ether oxygens (including phenoxy) is 2. The minimum atomic E-state index is 0.406. The second-order valence-electron chi connectivity index (χ2n) is 8.99. The summed E-state index contributed by atoms with van der Waals surface area (Å²) in [6.07, 6.45) is 6.77. The molecular formula is C26H31N5O2. The normalized spacial score (nSPS) is 15.0. The van der Waals surface area contributed by atoms with Crippen molar-refractivity contribution in [3.05, 3.63) is 48.5 Å². The SMILES string of the molecule is Cc1nc2cnc3ccc(-c4ccc(OCCCN(C)C)nc4)cc3c2n1C1CCOCC1. The number of aromatic nitrogens is 4. The van der Waals surface area contributed by atoms with Gasteiger partial charge in [0.2, 0.25) is 5.88 Å². The average Bonchev–Trinajstić information content (AvgIpc) is 3.18. The van der Waals surface area contributed by atoms with Crippen LogP contribution in [0.15, 0.2) is 42.7 Å². The highest BCUT2D eigenvalue weighted by Crippen LogP contribution is 2.33. The molecule has 33 heavy (non-hydrogen) atoms. The highest BCUT2D eigenvalue weighted by atomic mass is 16.5. The third kappa shape index (κ3) is 4.56. The minimum absolute atomic E-state index is 0.406. The number of hydrogen-bond donors (Lipinski definition) is 0. The van der Waals surface area contributed by atoms with Gasteiger partial charge in [0.15, 0.2) is 0 Å². The number of benzene rings is 1. The van der Waals surface area contributed by atoms with E-state index in [2.05, 4.69) is 64.7 Å². The summed E-state index contributed by atoms with van der Waals surface area (Å²) in [6, 6.07) is 10.8. The van der Waals surface area contributed by atoms with E-state index < -0.39 is 0 Å². The van der Waals surface area contributed by atoms with E-state index in [4.69, 9.17) is 14.5 Å². The van der Waals surface area contributed by atoms with Gasteiger partial charge in [-0.2, -0.15) is 0 Å². The van der Waals surface area contributed by atoms with Gasteiger partial charge in [0.1, 0.15) is 11.3 Å². The van der Waals surface area contributed by atoms with Gasteiger partial charge < -0.3 is 18.9 Å². The standard InChI is InChI=1S/C26H31N5O2/c1-18-29-24-17-27-23-7-5-19(15-22(23)26(24)31(18)21-9-13-32-14-10-21)20-6-8-25(28-16-20)33-12-4-11-30(2)3/h5-8,15-17,21H,4,9-14H2,1-3H3. The molecule has 0 unspecified atom stereocenters. The molecule has 0 radical (unpaired) electrons. The molecular weight excluding hydrogens is 414 g/mol. The van der Waals surface area contributed by atoms with Crippen LogP contribution in [0.1, 0.15) is 31.1 Å². The van der Waals surface area contributed by atoms with Crippen LogP contribution in [-0.2, 0) is 4.74 Å². The second-order valence-corrected chi connectivity index (χ2v) is 8.99. The molecule has 4 aromatic rings. The molecule has 0 bridgehead atoms. The van der Waals surface area contributed by atoms with Crippen LogP contribution in [0.25, 0.3) is 33.1 Å². The summed E-state index contributed by atoms with van der Waals surface area (Å²) in [5.41, 5.74) is 5.26. The third-order valence-corrected chi connectivity index (χ3v) is 6.32. The van der Waals surface area contributed by atoms with Crippen molar-refractivity contribution in [2.24, 2.45) is 0 Å². The molecule has 1 fully saturated rings. The Bertz CT molecular complexity index is 1240. The zero-order valence-corrected chi connectivity index (χ0v) is 19.6. The maximum atomic E-state index is 5.79. The zero-order valence-electron chi connectivity index (χ0n) is 19.6. The molecule has 1 aliphatic heterocycles. The van der Waals surface area contributed by atoms with Gasteiger partial charge in [-0.25, -0.2) is 9.97 Å². The highest BCUT2D eigenvalue weighted by molar-refractivity contribution is 6.04. The maximum absolute atomic E-state index is 5.79. The molecule has 5 rings (SSSR count). The fourth-order valence-corrected chi connectivity index (χ4v) is 4.66. The van der Waals surface area contributed by atoms with Gasteiger partial charge in [-0.3, -0.25) is 4.98 Å². The van der Waals surface area contributed by atoms with Crippen molar-refractivity contribution >= 4 is 21.9 Å². The van der Waals surface area contributed by atoms with Crippen molar-refractivity contribution in [3.63, 3.8) is 0 Å². The first kappa shape index (κ1) is 21.8. The Morgan fingerprint density at radius 2 is 1.85 bits per heavy atom. The van der Waals surface area contributed by atoms with Crippen LogP contribution in [0.2, 0.25) is 0 Å². The van der Waals surface area contributed by atoms with Gasteiger partial charge in [-0.05, 0) is 64.0 Å². The largest absolute Gasteiger partial charge is 0.478 e. The van der Waals surface area contributed by atoms with E-state index in [9.17, 15) is 0 Å². The summed E-state index contributed by atoms with van der Waals surface area (Å²) in [5.74, 6) is 1.70. The first-order valence-corrected chi connectivity index (χ1v) is 11.7. The van der Waals surface area contributed by atoms with Crippen molar-refractivity contribution in [1.82, 2.24) is 24.4 Å².